The van der Waals surface area contributed by atoms with Crippen LogP contribution >= 0.6 is 0 Å². The highest BCUT2D eigenvalue weighted by Crippen LogP contribution is 2.51. The van der Waals surface area contributed by atoms with Gasteiger partial charge in [0.15, 0.2) is 0 Å². The predicted octanol–water partition coefficient (Wildman–Crippen LogP) is 11.9. The molecule has 9 aromatic rings. The van der Waals surface area contributed by atoms with Crippen molar-refractivity contribution in [3.8, 4) is 33.6 Å². The number of aromatic nitrogens is 2. The molecule has 0 spiro atoms. The third kappa shape index (κ3) is 3.61. The van der Waals surface area contributed by atoms with Crippen LogP contribution in [-0.4, -0.2) is 9.13 Å². The van der Waals surface area contributed by atoms with Crippen molar-refractivity contribution in [1.29, 1.82) is 0 Å². The monoisotopic (exact) mass is 600 g/mol. The highest BCUT2D eigenvalue weighted by molar-refractivity contribution is 6.13. The predicted molar refractivity (Wildman–Crippen MR) is 198 cm³/mol. The molecule has 222 valence electrons. The third-order valence-electron chi connectivity index (χ3n) is 10.5. The zero-order valence-electron chi connectivity index (χ0n) is 26.4. The molecule has 0 saturated heterocycles. The van der Waals surface area contributed by atoms with Gasteiger partial charge in [0, 0.05) is 32.6 Å². The zero-order chi connectivity index (χ0) is 31.3. The van der Waals surface area contributed by atoms with E-state index in [2.05, 4.69) is 181 Å². The lowest BCUT2D eigenvalue weighted by Crippen LogP contribution is -2.17. The van der Waals surface area contributed by atoms with Crippen molar-refractivity contribution in [1.82, 2.24) is 9.13 Å². The van der Waals surface area contributed by atoms with Gasteiger partial charge in [-0.2, -0.15) is 0 Å². The van der Waals surface area contributed by atoms with Gasteiger partial charge in [0.2, 0.25) is 0 Å². The van der Waals surface area contributed by atoms with E-state index in [1.54, 1.807) is 0 Å². The van der Waals surface area contributed by atoms with E-state index >= 15 is 0 Å². The molecule has 2 heterocycles. The SMILES string of the molecule is CC1(C)c2ccccc2-c2cccc(-n3c4ccccc4c4cc(-c5ccc6c(c5)c5ccccc5n6-c5ccccc5)ccc43)c21. The topological polar surface area (TPSA) is 9.86 Å². The number of para-hydroxylation sites is 3. The second-order valence-electron chi connectivity index (χ2n) is 13.4. The largest absolute Gasteiger partial charge is 0.309 e. The van der Waals surface area contributed by atoms with Gasteiger partial charge >= 0.3 is 0 Å². The minimum absolute atomic E-state index is 0.103. The van der Waals surface area contributed by atoms with Crippen molar-refractivity contribution in [3.05, 3.63) is 169 Å². The summed E-state index contributed by atoms with van der Waals surface area (Å²) in [6, 6.07) is 58.0. The van der Waals surface area contributed by atoms with Gasteiger partial charge in [0.25, 0.3) is 0 Å². The van der Waals surface area contributed by atoms with Gasteiger partial charge in [-0.25, -0.2) is 0 Å². The molecule has 47 heavy (non-hydrogen) atoms. The van der Waals surface area contributed by atoms with E-state index in [0.717, 1.165) is 0 Å². The second kappa shape index (κ2) is 9.57. The second-order valence-corrected chi connectivity index (χ2v) is 13.4. The summed E-state index contributed by atoms with van der Waals surface area (Å²) in [7, 11) is 0. The molecule has 0 atom stereocenters. The Morgan fingerprint density at radius 1 is 0.404 bits per heavy atom. The van der Waals surface area contributed by atoms with Gasteiger partial charge < -0.3 is 9.13 Å². The zero-order valence-corrected chi connectivity index (χ0v) is 26.4. The molecule has 1 aliphatic carbocycles. The first-order chi connectivity index (χ1) is 23.1. The number of hydrogen-bond acceptors (Lipinski definition) is 0. The first-order valence-electron chi connectivity index (χ1n) is 16.5. The fourth-order valence-electron chi connectivity index (χ4n) is 8.43. The van der Waals surface area contributed by atoms with E-state index < -0.39 is 0 Å². The molecule has 0 radical (unpaired) electrons. The van der Waals surface area contributed by atoms with Crippen molar-refractivity contribution >= 4 is 43.6 Å². The van der Waals surface area contributed by atoms with E-state index in [1.165, 1.54) is 88.4 Å². The average Bonchev–Trinajstić information content (AvgIpc) is 3.72. The molecule has 2 nitrogen and oxygen atoms in total. The van der Waals surface area contributed by atoms with Crippen molar-refractivity contribution in [2.24, 2.45) is 0 Å². The highest BCUT2D eigenvalue weighted by Gasteiger charge is 2.38. The lowest BCUT2D eigenvalue weighted by Gasteiger charge is -2.25. The van der Waals surface area contributed by atoms with E-state index in [-0.39, 0.29) is 5.41 Å². The van der Waals surface area contributed by atoms with Crippen LogP contribution in [-0.2, 0) is 5.41 Å². The number of nitrogens with zero attached hydrogens (tertiary/aromatic N) is 2. The molecule has 7 aromatic carbocycles. The molecule has 0 bridgehead atoms. The molecule has 0 saturated carbocycles. The number of benzene rings is 7. The molecule has 0 unspecified atom stereocenters. The van der Waals surface area contributed by atoms with Crippen LogP contribution in [0.4, 0.5) is 0 Å². The summed E-state index contributed by atoms with van der Waals surface area (Å²) in [5, 5.41) is 5.09. The van der Waals surface area contributed by atoms with Crippen LogP contribution < -0.4 is 0 Å². The van der Waals surface area contributed by atoms with Gasteiger partial charge in [0.1, 0.15) is 0 Å². The number of hydrogen-bond donors (Lipinski definition) is 0. The summed E-state index contributed by atoms with van der Waals surface area (Å²) in [4.78, 5) is 0. The molecule has 0 amide bonds. The lowest BCUT2D eigenvalue weighted by molar-refractivity contribution is 0.656. The maximum Gasteiger partial charge on any atom is 0.0541 e. The maximum atomic E-state index is 2.50. The standard InChI is InChI=1S/C45H32N2/c1-45(2)38-19-9-6-15-32(38)35-18-12-22-43(44(35)45)47-40-21-11-8-17-34(40)37-28-30(24-26-42(37)47)29-23-25-41-36(27-29)33-16-7-10-20-39(33)46(41)31-13-4-3-5-14-31/h3-28H,1-2H3. The number of rotatable bonds is 3. The molecule has 1 aliphatic rings. The van der Waals surface area contributed by atoms with Crippen LogP contribution in [0.15, 0.2) is 158 Å². The van der Waals surface area contributed by atoms with Gasteiger partial charge in [-0.15, -0.1) is 0 Å². The third-order valence-corrected chi connectivity index (χ3v) is 10.5. The molecule has 0 fully saturated rings. The molecular formula is C45H32N2. The van der Waals surface area contributed by atoms with Gasteiger partial charge in [-0.05, 0) is 88.0 Å². The van der Waals surface area contributed by atoms with Crippen LogP contribution in [0.1, 0.15) is 25.0 Å². The Bertz CT molecular complexity index is 2700. The van der Waals surface area contributed by atoms with Gasteiger partial charge in [0.05, 0.1) is 27.8 Å². The Morgan fingerprint density at radius 2 is 0.936 bits per heavy atom. The summed E-state index contributed by atoms with van der Waals surface area (Å²) in [5.74, 6) is 0. The molecular weight excluding hydrogens is 569 g/mol. The average molecular weight is 601 g/mol. The summed E-state index contributed by atoms with van der Waals surface area (Å²) >= 11 is 0. The summed E-state index contributed by atoms with van der Waals surface area (Å²) < 4.78 is 4.88. The van der Waals surface area contributed by atoms with E-state index in [1.807, 2.05) is 0 Å². The Balaban J connectivity index is 1.19. The van der Waals surface area contributed by atoms with Crippen LogP contribution in [0.3, 0.4) is 0 Å². The first kappa shape index (κ1) is 26.4. The minimum atomic E-state index is -0.103. The van der Waals surface area contributed by atoms with Gasteiger partial charge in [-0.1, -0.05) is 117 Å². The van der Waals surface area contributed by atoms with Crippen molar-refractivity contribution in [3.63, 3.8) is 0 Å². The van der Waals surface area contributed by atoms with Crippen LogP contribution in [0.25, 0.3) is 77.2 Å². The fraction of sp³-hybridized carbons (Fsp3) is 0.0667. The molecule has 2 aromatic heterocycles. The quantitative estimate of drug-likeness (QED) is 0.191. The lowest BCUT2D eigenvalue weighted by atomic mass is 9.81. The van der Waals surface area contributed by atoms with E-state index in [0.29, 0.717) is 0 Å². The van der Waals surface area contributed by atoms with Crippen LogP contribution in [0.5, 0.6) is 0 Å². The molecule has 0 N–H and O–H groups in total. The summed E-state index contributed by atoms with van der Waals surface area (Å²) in [6.45, 7) is 4.75. The molecule has 2 heteroatoms. The fourth-order valence-corrected chi connectivity index (χ4v) is 8.43. The first-order valence-corrected chi connectivity index (χ1v) is 16.5. The highest BCUT2D eigenvalue weighted by atomic mass is 15.0. The normalized spacial score (nSPS) is 13.5. The summed E-state index contributed by atoms with van der Waals surface area (Å²) in [5.41, 5.74) is 15.2. The Labute approximate surface area is 273 Å². The number of fused-ring (bicyclic) bond motifs is 9. The van der Waals surface area contributed by atoms with Crippen LogP contribution in [0.2, 0.25) is 0 Å². The van der Waals surface area contributed by atoms with Crippen LogP contribution in [0, 0.1) is 0 Å². The molecule has 10 rings (SSSR count). The summed E-state index contributed by atoms with van der Waals surface area (Å²) in [6.07, 6.45) is 0. The van der Waals surface area contributed by atoms with Gasteiger partial charge in [-0.3, -0.25) is 0 Å². The van der Waals surface area contributed by atoms with E-state index in [9.17, 15) is 0 Å². The smallest absolute Gasteiger partial charge is 0.0541 e. The Hall–Kier alpha value is -5.86. The maximum absolute atomic E-state index is 2.50. The van der Waals surface area contributed by atoms with Crippen molar-refractivity contribution < 1.29 is 0 Å². The van der Waals surface area contributed by atoms with Crippen molar-refractivity contribution in [2.45, 2.75) is 19.3 Å². The van der Waals surface area contributed by atoms with E-state index in [4.69, 9.17) is 0 Å². The Morgan fingerprint density at radius 3 is 1.64 bits per heavy atom. The van der Waals surface area contributed by atoms with Crippen molar-refractivity contribution in [2.75, 3.05) is 0 Å². The minimum Gasteiger partial charge on any atom is -0.309 e. The Kier molecular flexibility index (Phi) is 5.37. The molecule has 0 aliphatic heterocycles.